The molecule has 5 heteroatoms. The van der Waals surface area contributed by atoms with Gasteiger partial charge in [0.05, 0.1) is 18.8 Å². The maximum absolute atomic E-state index is 11.7. The topological polar surface area (TPSA) is 59.6 Å². The lowest BCUT2D eigenvalue weighted by Crippen LogP contribution is -2.40. The number of carbonyl (C=O) groups is 1. The molecule has 2 atom stereocenters. The highest BCUT2D eigenvalue weighted by Gasteiger charge is 2.29. The number of rotatable bonds is 5. The van der Waals surface area contributed by atoms with E-state index in [-0.39, 0.29) is 18.1 Å². The summed E-state index contributed by atoms with van der Waals surface area (Å²) in [6, 6.07) is 9.47. The van der Waals surface area contributed by atoms with Crippen molar-refractivity contribution in [2.24, 2.45) is 0 Å². The molecule has 0 saturated carbocycles. The van der Waals surface area contributed by atoms with Gasteiger partial charge < -0.3 is 10.1 Å². The molecule has 1 aromatic carbocycles. The normalized spacial score (nSPS) is 22.9. The van der Waals surface area contributed by atoms with Crippen LogP contribution in [0.4, 0.5) is 0 Å². The average Bonchev–Trinajstić information content (AvgIpc) is 2.89. The van der Waals surface area contributed by atoms with Crippen molar-refractivity contribution < 1.29 is 14.4 Å². The molecular formula is C13H18N2O3. The molecule has 0 radical (unpaired) electrons. The van der Waals surface area contributed by atoms with Crippen LogP contribution in [0.1, 0.15) is 12.0 Å². The highest BCUT2D eigenvalue weighted by molar-refractivity contribution is 5.81. The summed E-state index contributed by atoms with van der Waals surface area (Å²) in [6.07, 6.45) is 0.784. The van der Waals surface area contributed by atoms with Crippen LogP contribution in [-0.4, -0.2) is 31.7 Å². The van der Waals surface area contributed by atoms with E-state index in [4.69, 9.17) is 9.57 Å². The first-order valence-electron chi connectivity index (χ1n) is 6.01. The molecule has 2 N–H and O–H groups in total. The molecule has 1 aliphatic heterocycles. The lowest BCUT2D eigenvalue weighted by Gasteiger charge is -2.11. The monoisotopic (exact) mass is 250 g/mol. The summed E-state index contributed by atoms with van der Waals surface area (Å²) < 4.78 is 5.18. The SMILES string of the molecule is COC1CNC(C(=O)NOCc2ccccc2)C1. The van der Waals surface area contributed by atoms with Gasteiger partial charge in [0, 0.05) is 13.7 Å². The van der Waals surface area contributed by atoms with Crippen LogP contribution in [0.15, 0.2) is 30.3 Å². The Balaban J connectivity index is 1.69. The second-order valence-corrected chi connectivity index (χ2v) is 4.29. The van der Waals surface area contributed by atoms with Crippen molar-refractivity contribution in [2.45, 2.75) is 25.2 Å². The Bertz CT molecular complexity index is 383. The molecule has 18 heavy (non-hydrogen) atoms. The number of hydrogen-bond acceptors (Lipinski definition) is 4. The molecular weight excluding hydrogens is 232 g/mol. The van der Waals surface area contributed by atoms with Crippen molar-refractivity contribution in [1.29, 1.82) is 0 Å². The molecule has 5 nitrogen and oxygen atoms in total. The number of benzene rings is 1. The second-order valence-electron chi connectivity index (χ2n) is 4.29. The van der Waals surface area contributed by atoms with Crippen molar-refractivity contribution in [2.75, 3.05) is 13.7 Å². The summed E-state index contributed by atoms with van der Waals surface area (Å²) in [5, 5.41) is 3.09. The minimum atomic E-state index is -0.231. The van der Waals surface area contributed by atoms with Gasteiger partial charge in [0.15, 0.2) is 0 Å². The number of nitrogens with one attached hydrogen (secondary N) is 2. The van der Waals surface area contributed by atoms with Gasteiger partial charge >= 0.3 is 0 Å². The fraction of sp³-hybridized carbons (Fsp3) is 0.462. The number of hydrogen-bond donors (Lipinski definition) is 2. The van der Waals surface area contributed by atoms with Crippen molar-refractivity contribution in [1.82, 2.24) is 10.8 Å². The Morgan fingerprint density at radius 1 is 1.44 bits per heavy atom. The van der Waals surface area contributed by atoms with Crippen molar-refractivity contribution >= 4 is 5.91 Å². The lowest BCUT2D eigenvalue weighted by atomic mass is 10.2. The predicted molar refractivity (Wildman–Crippen MR) is 66.6 cm³/mol. The van der Waals surface area contributed by atoms with Crippen LogP contribution in [0.5, 0.6) is 0 Å². The molecule has 0 bridgehead atoms. The maximum Gasteiger partial charge on any atom is 0.260 e. The van der Waals surface area contributed by atoms with Gasteiger partial charge in [-0.1, -0.05) is 30.3 Å². The standard InChI is InChI=1S/C13H18N2O3/c1-17-11-7-12(14-8-11)13(16)15-18-9-10-5-3-2-4-6-10/h2-6,11-12,14H,7-9H2,1H3,(H,15,16). The Morgan fingerprint density at radius 2 is 2.22 bits per heavy atom. The van der Waals surface area contributed by atoms with E-state index in [0.717, 1.165) is 5.56 Å². The number of ether oxygens (including phenoxy) is 1. The van der Waals surface area contributed by atoms with Gasteiger partial charge in [0.2, 0.25) is 0 Å². The molecule has 1 aliphatic rings. The van der Waals surface area contributed by atoms with Crippen LogP contribution in [0.2, 0.25) is 0 Å². The largest absolute Gasteiger partial charge is 0.380 e. The molecule has 0 aliphatic carbocycles. The van der Waals surface area contributed by atoms with Gasteiger partial charge in [-0.05, 0) is 12.0 Å². The fourth-order valence-corrected chi connectivity index (χ4v) is 1.92. The lowest BCUT2D eigenvalue weighted by molar-refractivity contribution is -0.136. The molecule has 1 amide bonds. The van der Waals surface area contributed by atoms with E-state index < -0.39 is 0 Å². The van der Waals surface area contributed by atoms with E-state index in [0.29, 0.717) is 19.6 Å². The number of carbonyl (C=O) groups excluding carboxylic acids is 1. The van der Waals surface area contributed by atoms with Crippen molar-refractivity contribution in [3.05, 3.63) is 35.9 Å². The first-order chi connectivity index (χ1) is 8.79. The minimum absolute atomic E-state index is 0.106. The van der Waals surface area contributed by atoms with E-state index in [1.807, 2.05) is 30.3 Å². The van der Waals surface area contributed by atoms with Crippen molar-refractivity contribution in [3.8, 4) is 0 Å². The zero-order valence-corrected chi connectivity index (χ0v) is 10.4. The van der Waals surface area contributed by atoms with Gasteiger partial charge in [-0.2, -0.15) is 0 Å². The Morgan fingerprint density at radius 3 is 2.89 bits per heavy atom. The second kappa shape index (κ2) is 6.49. The molecule has 2 unspecified atom stereocenters. The molecule has 1 fully saturated rings. The van der Waals surface area contributed by atoms with E-state index in [1.165, 1.54) is 0 Å². The molecule has 98 valence electrons. The van der Waals surface area contributed by atoms with Crippen LogP contribution in [-0.2, 0) is 21.0 Å². The van der Waals surface area contributed by atoms with E-state index in [2.05, 4.69) is 10.8 Å². The van der Waals surface area contributed by atoms with Gasteiger partial charge in [0.25, 0.3) is 5.91 Å². The fourth-order valence-electron chi connectivity index (χ4n) is 1.92. The maximum atomic E-state index is 11.7. The Kier molecular flexibility index (Phi) is 4.69. The smallest absolute Gasteiger partial charge is 0.260 e. The van der Waals surface area contributed by atoms with Gasteiger partial charge in [-0.3, -0.25) is 9.63 Å². The van der Waals surface area contributed by atoms with E-state index in [1.54, 1.807) is 7.11 Å². The van der Waals surface area contributed by atoms with Crippen molar-refractivity contribution in [3.63, 3.8) is 0 Å². The molecule has 1 aromatic rings. The summed E-state index contributed by atoms with van der Waals surface area (Å²) in [4.78, 5) is 16.9. The quantitative estimate of drug-likeness (QED) is 0.752. The number of methoxy groups -OCH3 is 1. The van der Waals surface area contributed by atoms with Gasteiger partial charge in [-0.25, -0.2) is 5.48 Å². The minimum Gasteiger partial charge on any atom is -0.380 e. The predicted octanol–water partition coefficient (Wildman–Crippen LogP) is 0.611. The summed E-state index contributed by atoms with van der Waals surface area (Å²) >= 11 is 0. The highest BCUT2D eigenvalue weighted by Crippen LogP contribution is 2.09. The molecule has 2 rings (SSSR count). The van der Waals surface area contributed by atoms with Gasteiger partial charge in [0.1, 0.15) is 0 Å². The van der Waals surface area contributed by atoms with Crippen LogP contribution in [0, 0.1) is 0 Å². The van der Waals surface area contributed by atoms with Crippen LogP contribution >= 0.6 is 0 Å². The van der Waals surface area contributed by atoms with Crippen LogP contribution < -0.4 is 10.8 Å². The third kappa shape index (κ3) is 3.53. The molecule has 1 heterocycles. The summed E-state index contributed by atoms with van der Waals surface area (Å²) in [5.74, 6) is -0.148. The summed E-state index contributed by atoms with van der Waals surface area (Å²) in [6.45, 7) is 1.07. The number of hydroxylamine groups is 1. The zero-order chi connectivity index (χ0) is 12.8. The third-order valence-electron chi connectivity index (χ3n) is 2.99. The van der Waals surface area contributed by atoms with Crippen LogP contribution in [0.3, 0.4) is 0 Å². The Labute approximate surface area is 106 Å². The van der Waals surface area contributed by atoms with Crippen LogP contribution in [0.25, 0.3) is 0 Å². The van der Waals surface area contributed by atoms with Gasteiger partial charge in [-0.15, -0.1) is 0 Å². The molecule has 0 spiro atoms. The summed E-state index contributed by atoms with van der Waals surface area (Å²) in [7, 11) is 1.65. The average molecular weight is 250 g/mol. The number of amides is 1. The molecule has 1 saturated heterocycles. The third-order valence-corrected chi connectivity index (χ3v) is 2.99. The van der Waals surface area contributed by atoms with E-state index in [9.17, 15) is 4.79 Å². The Hall–Kier alpha value is -1.43. The van der Waals surface area contributed by atoms with E-state index >= 15 is 0 Å². The zero-order valence-electron chi connectivity index (χ0n) is 10.4. The first kappa shape index (κ1) is 13.0. The highest BCUT2D eigenvalue weighted by atomic mass is 16.6. The summed E-state index contributed by atoms with van der Waals surface area (Å²) in [5.41, 5.74) is 3.48. The molecule has 0 aromatic heterocycles. The first-order valence-corrected chi connectivity index (χ1v) is 6.01.